The average Bonchev–Trinajstić information content (AvgIpc) is 2.34. The lowest BCUT2D eigenvalue weighted by Gasteiger charge is -2.25. The van der Waals surface area contributed by atoms with E-state index in [-0.39, 0.29) is 6.10 Å². The summed E-state index contributed by atoms with van der Waals surface area (Å²) >= 11 is 0. The van der Waals surface area contributed by atoms with Crippen LogP contribution >= 0.6 is 7.52 Å². The lowest BCUT2D eigenvalue weighted by atomic mass is 10.3. The van der Waals surface area contributed by atoms with Crippen molar-refractivity contribution in [1.82, 2.24) is 4.67 Å². The molecule has 0 amide bonds. The Morgan fingerprint density at radius 2 is 2.08 bits per heavy atom. The molecule has 0 saturated carbocycles. The topological polar surface area (TPSA) is 29.5 Å². The molecule has 1 aliphatic heterocycles. The van der Waals surface area contributed by atoms with E-state index in [1.54, 1.807) is 0 Å². The molecule has 0 aromatic heterocycles. The molecule has 3 nitrogen and oxygen atoms in total. The highest BCUT2D eigenvalue weighted by atomic mass is 31.2. The van der Waals surface area contributed by atoms with Gasteiger partial charge in [-0.1, -0.05) is 13.8 Å². The Kier molecular flexibility index (Phi) is 3.33. The first kappa shape index (κ1) is 10.2. The summed E-state index contributed by atoms with van der Waals surface area (Å²) in [6, 6.07) is 0. The Balaban J connectivity index is 2.65. The first-order chi connectivity index (χ1) is 5.62. The smallest absolute Gasteiger partial charge is 0.272 e. The first-order valence-electron chi connectivity index (χ1n) is 4.65. The molecule has 0 aromatic carbocycles. The van der Waals surface area contributed by atoms with Gasteiger partial charge >= 0.3 is 0 Å². The van der Waals surface area contributed by atoms with Gasteiger partial charge in [0.15, 0.2) is 0 Å². The zero-order valence-corrected chi connectivity index (χ0v) is 9.01. The van der Waals surface area contributed by atoms with Gasteiger partial charge < -0.3 is 4.52 Å². The molecule has 1 saturated heterocycles. The minimum atomic E-state index is -2.40. The van der Waals surface area contributed by atoms with Crippen molar-refractivity contribution in [3.8, 4) is 0 Å². The number of hydrogen-bond donors (Lipinski definition) is 0. The molecule has 0 aromatic rings. The quantitative estimate of drug-likeness (QED) is 0.641. The zero-order valence-electron chi connectivity index (χ0n) is 8.12. The fraction of sp³-hybridized carbons (Fsp3) is 1.00. The SMILES string of the molecule is CCN(CC)P1(=O)CCC(C)O1. The summed E-state index contributed by atoms with van der Waals surface area (Å²) in [4.78, 5) is 0. The van der Waals surface area contributed by atoms with Crippen LogP contribution in [0.15, 0.2) is 0 Å². The van der Waals surface area contributed by atoms with Crippen LogP contribution in [0.2, 0.25) is 0 Å². The maximum Gasteiger partial charge on any atom is 0.272 e. The molecule has 0 bridgehead atoms. The van der Waals surface area contributed by atoms with Crippen LogP contribution in [0.5, 0.6) is 0 Å². The van der Waals surface area contributed by atoms with Gasteiger partial charge in [0.2, 0.25) is 0 Å². The summed E-state index contributed by atoms with van der Waals surface area (Å²) in [5.41, 5.74) is 0. The summed E-state index contributed by atoms with van der Waals surface area (Å²) < 4.78 is 19.5. The first-order valence-corrected chi connectivity index (χ1v) is 6.41. The second-order valence-electron chi connectivity index (χ2n) is 3.20. The number of hydrogen-bond acceptors (Lipinski definition) is 2. The third kappa shape index (κ3) is 1.90. The van der Waals surface area contributed by atoms with Crippen molar-refractivity contribution in [3.63, 3.8) is 0 Å². The molecular weight excluding hydrogens is 173 g/mol. The Morgan fingerprint density at radius 3 is 2.42 bits per heavy atom. The highest BCUT2D eigenvalue weighted by molar-refractivity contribution is 7.56. The fourth-order valence-corrected chi connectivity index (χ4v) is 4.34. The zero-order chi connectivity index (χ0) is 9.19. The fourth-order valence-electron chi connectivity index (χ4n) is 1.59. The summed E-state index contributed by atoms with van der Waals surface area (Å²) in [5.74, 6) is 0. The molecule has 12 heavy (non-hydrogen) atoms. The molecule has 1 aliphatic rings. The van der Waals surface area contributed by atoms with Crippen molar-refractivity contribution >= 4 is 7.52 Å². The molecule has 1 fully saturated rings. The standard InChI is InChI=1S/C8H18NO2P/c1-4-9(5-2)12(10)7-6-8(3)11-12/h8H,4-7H2,1-3H3. The third-order valence-electron chi connectivity index (χ3n) is 2.32. The van der Waals surface area contributed by atoms with Gasteiger partial charge in [-0.2, -0.15) is 0 Å². The lowest BCUT2D eigenvalue weighted by molar-refractivity contribution is 0.227. The Labute approximate surface area is 74.6 Å². The van der Waals surface area contributed by atoms with Gasteiger partial charge in [0, 0.05) is 19.3 Å². The van der Waals surface area contributed by atoms with Gasteiger partial charge in [-0.15, -0.1) is 0 Å². The molecule has 72 valence electrons. The van der Waals surface area contributed by atoms with E-state index >= 15 is 0 Å². The van der Waals surface area contributed by atoms with Crippen LogP contribution in [0.4, 0.5) is 0 Å². The second-order valence-corrected chi connectivity index (χ2v) is 5.70. The van der Waals surface area contributed by atoms with Gasteiger partial charge in [-0.25, -0.2) is 4.67 Å². The van der Waals surface area contributed by atoms with Crippen LogP contribution in [0, 0.1) is 0 Å². The van der Waals surface area contributed by atoms with Crippen molar-refractivity contribution in [3.05, 3.63) is 0 Å². The predicted molar refractivity (Wildman–Crippen MR) is 50.6 cm³/mol. The Bertz CT molecular complexity index is 191. The van der Waals surface area contributed by atoms with Crippen LogP contribution in [-0.4, -0.2) is 30.0 Å². The second kappa shape index (κ2) is 3.91. The van der Waals surface area contributed by atoms with Gasteiger partial charge in [0.1, 0.15) is 0 Å². The monoisotopic (exact) mass is 191 g/mol. The molecule has 0 N–H and O–H groups in total. The summed E-state index contributed by atoms with van der Waals surface area (Å²) in [6.45, 7) is 7.68. The number of nitrogens with zero attached hydrogens (tertiary/aromatic N) is 1. The van der Waals surface area contributed by atoms with E-state index in [9.17, 15) is 4.57 Å². The minimum Gasteiger partial charge on any atom is -0.314 e. The van der Waals surface area contributed by atoms with E-state index < -0.39 is 7.52 Å². The van der Waals surface area contributed by atoms with Gasteiger partial charge in [0.05, 0.1) is 6.10 Å². The van der Waals surface area contributed by atoms with E-state index in [1.165, 1.54) is 0 Å². The highest BCUT2D eigenvalue weighted by Gasteiger charge is 2.37. The van der Waals surface area contributed by atoms with Gasteiger partial charge in [-0.05, 0) is 13.3 Å². The Hall–Kier alpha value is 0.150. The minimum absolute atomic E-state index is 0.177. The van der Waals surface area contributed by atoms with Crippen molar-refractivity contribution in [2.75, 3.05) is 19.3 Å². The van der Waals surface area contributed by atoms with Gasteiger partial charge in [-0.3, -0.25) is 4.57 Å². The van der Waals surface area contributed by atoms with Crippen LogP contribution < -0.4 is 0 Å². The van der Waals surface area contributed by atoms with Crippen molar-refractivity contribution < 1.29 is 9.09 Å². The number of rotatable bonds is 3. The van der Waals surface area contributed by atoms with E-state index in [1.807, 2.05) is 25.4 Å². The van der Waals surface area contributed by atoms with Crippen molar-refractivity contribution in [1.29, 1.82) is 0 Å². The summed E-state index contributed by atoms with van der Waals surface area (Å²) in [5, 5.41) is 0. The molecule has 0 radical (unpaired) electrons. The maximum absolute atomic E-state index is 12.1. The van der Waals surface area contributed by atoms with E-state index in [2.05, 4.69) is 0 Å². The Morgan fingerprint density at radius 1 is 1.50 bits per heavy atom. The average molecular weight is 191 g/mol. The van der Waals surface area contributed by atoms with Crippen LogP contribution in [0.3, 0.4) is 0 Å². The summed E-state index contributed by atoms with van der Waals surface area (Å²) in [7, 11) is -2.40. The van der Waals surface area contributed by atoms with E-state index in [0.717, 1.165) is 25.7 Å². The maximum atomic E-state index is 12.1. The molecule has 1 rings (SSSR count). The van der Waals surface area contributed by atoms with E-state index in [4.69, 9.17) is 4.52 Å². The summed E-state index contributed by atoms with van der Waals surface area (Å²) in [6.07, 6.45) is 1.85. The lowest BCUT2D eigenvalue weighted by Crippen LogP contribution is -2.20. The molecule has 0 spiro atoms. The van der Waals surface area contributed by atoms with Gasteiger partial charge in [0.25, 0.3) is 7.52 Å². The molecule has 0 aliphatic carbocycles. The highest BCUT2D eigenvalue weighted by Crippen LogP contribution is 2.56. The van der Waals surface area contributed by atoms with Crippen LogP contribution in [-0.2, 0) is 9.09 Å². The van der Waals surface area contributed by atoms with Crippen molar-refractivity contribution in [2.45, 2.75) is 33.3 Å². The largest absolute Gasteiger partial charge is 0.314 e. The predicted octanol–water partition coefficient (Wildman–Crippen LogP) is 2.33. The third-order valence-corrected chi connectivity index (χ3v) is 5.26. The molecule has 1 heterocycles. The van der Waals surface area contributed by atoms with Crippen LogP contribution in [0.1, 0.15) is 27.2 Å². The van der Waals surface area contributed by atoms with E-state index in [0.29, 0.717) is 0 Å². The normalized spacial score (nSPS) is 36.2. The molecule has 4 heteroatoms. The van der Waals surface area contributed by atoms with Crippen molar-refractivity contribution in [2.24, 2.45) is 0 Å². The molecule has 2 atom stereocenters. The molecular formula is C8H18NO2P. The molecule has 2 unspecified atom stereocenters. The van der Waals surface area contributed by atoms with Crippen LogP contribution in [0.25, 0.3) is 0 Å².